The van der Waals surface area contributed by atoms with Crippen molar-refractivity contribution in [3.8, 4) is 5.75 Å². The van der Waals surface area contributed by atoms with Gasteiger partial charge in [-0.1, -0.05) is 77.4 Å². The number of benzene rings is 3. The second-order valence-electron chi connectivity index (χ2n) is 12.6. The van der Waals surface area contributed by atoms with Gasteiger partial charge in [-0.05, 0) is 71.9 Å². The number of carbonyl (C=O) groups excluding carboxylic acids is 1. The highest BCUT2D eigenvalue weighted by atomic mass is 35.5. The summed E-state index contributed by atoms with van der Waals surface area (Å²) in [5, 5.41) is 11.1. The minimum Gasteiger partial charge on any atom is -0.493 e. The van der Waals surface area contributed by atoms with Crippen LogP contribution >= 0.6 is 11.6 Å². The number of unbranched alkanes of at least 4 members (excludes halogenated alkanes) is 1. The van der Waals surface area contributed by atoms with Crippen molar-refractivity contribution in [1.29, 1.82) is 0 Å². The molecule has 45 heavy (non-hydrogen) atoms. The first-order valence-corrected chi connectivity index (χ1v) is 15.5. The summed E-state index contributed by atoms with van der Waals surface area (Å²) in [6.45, 7) is 13.9. The predicted molar refractivity (Wildman–Crippen MR) is 172 cm³/mol. The van der Waals surface area contributed by atoms with Crippen molar-refractivity contribution < 1.29 is 27.6 Å². The van der Waals surface area contributed by atoms with Crippen LogP contribution in [0.3, 0.4) is 0 Å². The molecule has 1 amide bonds. The molecule has 244 valence electrons. The number of hydrogen-bond acceptors (Lipinski definition) is 4. The van der Waals surface area contributed by atoms with Crippen LogP contribution in [0.1, 0.15) is 99.8 Å². The molecular formula is C35H42ClF3N2O4. The summed E-state index contributed by atoms with van der Waals surface area (Å²) in [6, 6.07) is 14.6. The van der Waals surface area contributed by atoms with Gasteiger partial charge in [-0.3, -0.25) is 14.9 Å². The van der Waals surface area contributed by atoms with Gasteiger partial charge in [0, 0.05) is 30.8 Å². The predicted octanol–water partition coefficient (Wildman–Crippen LogP) is 10.1. The van der Waals surface area contributed by atoms with Gasteiger partial charge >= 0.3 is 6.18 Å². The molecule has 3 aromatic carbocycles. The molecule has 3 aromatic rings. The lowest BCUT2D eigenvalue weighted by Crippen LogP contribution is -2.32. The minimum absolute atomic E-state index is 0.0345. The fraction of sp³-hybridized carbons (Fsp3) is 0.457. The van der Waals surface area contributed by atoms with E-state index in [1.54, 1.807) is 0 Å². The summed E-state index contributed by atoms with van der Waals surface area (Å²) in [6.07, 6.45) is -1.37. The average Bonchev–Trinajstić information content (AvgIpc) is 2.99. The van der Waals surface area contributed by atoms with E-state index < -0.39 is 22.6 Å². The minimum atomic E-state index is -4.47. The number of carbonyl (C=O) groups is 1. The van der Waals surface area contributed by atoms with Gasteiger partial charge in [-0.15, -0.1) is 0 Å². The van der Waals surface area contributed by atoms with Crippen LogP contribution in [0, 0.1) is 10.1 Å². The second kappa shape index (κ2) is 14.7. The van der Waals surface area contributed by atoms with Crippen LogP contribution in [0.2, 0.25) is 5.02 Å². The molecule has 0 aliphatic carbocycles. The smallest absolute Gasteiger partial charge is 0.416 e. The number of halogens is 4. The normalized spacial score (nSPS) is 12.2. The van der Waals surface area contributed by atoms with Gasteiger partial charge in [-0.25, -0.2) is 0 Å². The number of ether oxygens (including phenoxy) is 1. The maximum absolute atomic E-state index is 13.5. The molecule has 0 saturated heterocycles. The van der Waals surface area contributed by atoms with Crippen molar-refractivity contribution >= 4 is 23.2 Å². The highest BCUT2D eigenvalue weighted by molar-refractivity contribution is 6.34. The average molecular weight is 647 g/mol. The standard InChI is InChI=1S/C35H42ClF3N2O4/c1-7-33(3,4)26-15-18-31(29(21-26)34(5,6)8-2)45-20-10-9-19-40(23-24-11-13-25(14-12-24)35(37,38)39)32(42)28-17-16-27(41(43)44)22-30(28)36/h11-18,21-22H,7-10,19-20,23H2,1-6H3. The lowest BCUT2D eigenvalue weighted by molar-refractivity contribution is -0.384. The lowest BCUT2D eigenvalue weighted by atomic mass is 9.76. The fourth-order valence-corrected chi connectivity index (χ4v) is 5.08. The van der Waals surface area contributed by atoms with Gasteiger partial charge in [0.1, 0.15) is 5.75 Å². The highest BCUT2D eigenvalue weighted by Gasteiger charge is 2.30. The third kappa shape index (κ3) is 9.22. The summed E-state index contributed by atoms with van der Waals surface area (Å²) in [5.74, 6) is 0.352. The molecular weight excluding hydrogens is 605 g/mol. The Morgan fingerprint density at radius 1 is 0.889 bits per heavy atom. The number of alkyl halides is 3. The fourth-order valence-electron chi connectivity index (χ4n) is 4.82. The molecule has 0 atom stereocenters. The molecule has 10 heteroatoms. The molecule has 0 bridgehead atoms. The van der Waals surface area contributed by atoms with Crippen LogP contribution in [0.4, 0.5) is 18.9 Å². The third-order valence-corrected chi connectivity index (χ3v) is 8.99. The Kier molecular flexibility index (Phi) is 11.7. The first-order chi connectivity index (χ1) is 21.0. The molecule has 0 unspecified atom stereocenters. The Hall–Kier alpha value is -3.59. The monoisotopic (exact) mass is 646 g/mol. The van der Waals surface area contributed by atoms with Gasteiger partial charge in [0.05, 0.1) is 27.7 Å². The van der Waals surface area contributed by atoms with Crippen molar-refractivity contribution in [3.05, 3.63) is 104 Å². The topological polar surface area (TPSA) is 72.7 Å². The van der Waals surface area contributed by atoms with E-state index in [1.807, 2.05) is 6.07 Å². The van der Waals surface area contributed by atoms with E-state index in [2.05, 4.69) is 53.7 Å². The highest BCUT2D eigenvalue weighted by Crippen LogP contribution is 2.38. The van der Waals surface area contributed by atoms with Crippen molar-refractivity contribution in [2.75, 3.05) is 13.2 Å². The van der Waals surface area contributed by atoms with E-state index in [0.29, 0.717) is 25.0 Å². The number of hydrogen-bond donors (Lipinski definition) is 0. The number of nitrogens with zero attached hydrogens (tertiary/aromatic N) is 2. The molecule has 0 aromatic heterocycles. The molecule has 0 saturated carbocycles. The largest absolute Gasteiger partial charge is 0.493 e. The van der Waals surface area contributed by atoms with Gasteiger partial charge in [0.15, 0.2) is 0 Å². The lowest BCUT2D eigenvalue weighted by Gasteiger charge is -2.30. The number of nitro benzene ring substituents is 1. The summed E-state index contributed by atoms with van der Waals surface area (Å²) >= 11 is 6.25. The van der Waals surface area contributed by atoms with Crippen molar-refractivity contribution in [2.45, 2.75) is 90.8 Å². The maximum Gasteiger partial charge on any atom is 0.416 e. The number of rotatable bonds is 14. The zero-order valence-corrected chi connectivity index (χ0v) is 27.5. The summed E-state index contributed by atoms with van der Waals surface area (Å²) in [7, 11) is 0. The number of amides is 1. The van der Waals surface area contributed by atoms with Crippen LogP contribution in [-0.2, 0) is 23.6 Å². The zero-order valence-electron chi connectivity index (χ0n) is 26.8. The Bertz CT molecular complexity index is 1490. The van der Waals surface area contributed by atoms with E-state index in [1.165, 1.54) is 34.7 Å². The van der Waals surface area contributed by atoms with Gasteiger partial charge in [-0.2, -0.15) is 13.2 Å². The molecule has 0 N–H and O–H groups in total. The van der Waals surface area contributed by atoms with E-state index in [4.69, 9.17) is 16.3 Å². The first kappa shape index (κ1) is 35.9. The Labute approximate surface area is 268 Å². The van der Waals surface area contributed by atoms with Crippen LogP contribution in [0.25, 0.3) is 0 Å². The van der Waals surface area contributed by atoms with E-state index in [9.17, 15) is 28.1 Å². The van der Waals surface area contributed by atoms with Crippen molar-refractivity contribution in [1.82, 2.24) is 4.90 Å². The molecule has 0 radical (unpaired) electrons. The molecule has 0 aliphatic heterocycles. The van der Waals surface area contributed by atoms with E-state index in [0.717, 1.165) is 42.4 Å². The maximum atomic E-state index is 13.5. The van der Waals surface area contributed by atoms with Crippen LogP contribution in [0.5, 0.6) is 5.75 Å². The summed E-state index contributed by atoms with van der Waals surface area (Å²) in [5.41, 5.74) is 1.90. The third-order valence-electron chi connectivity index (χ3n) is 8.67. The quantitative estimate of drug-likeness (QED) is 0.0992. The first-order valence-electron chi connectivity index (χ1n) is 15.2. The number of non-ortho nitro benzene ring substituents is 1. The Balaban J connectivity index is 1.76. The Morgan fingerprint density at radius 3 is 2.07 bits per heavy atom. The van der Waals surface area contributed by atoms with Gasteiger partial charge < -0.3 is 9.64 Å². The molecule has 3 rings (SSSR count). The summed E-state index contributed by atoms with van der Waals surface area (Å²) in [4.78, 5) is 25.6. The molecule has 0 spiro atoms. The number of nitro groups is 1. The molecule has 0 aliphatic rings. The van der Waals surface area contributed by atoms with Crippen LogP contribution < -0.4 is 4.74 Å². The molecule has 0 fully saturated rings. The Morgan fingerprint density at radius 2 is 1.51 bits per heavy atom. The van der Waals surface area contributed by atoms with Crippen LogP contribution in [0.15, 0.2) is 60.7 Å². The van der Waals surface area contributed by atoms with Crippen molar-refractivity contribution in [2.24, 2.45) is 0 Å². The SMILES string of the molecule is CCC(C)(C)c1ccc(OCCCCN(Cc2ccc(C(F)(F)F)cc2)C(=O)c2ccc([N+](=O)[O-])cc2Cl)c(C(C)(C)CC)c1. The van der Waals surface area contributed by atoms with Gasteiger partial charge in [0.25, 0.3) is 11.6 Å². The van der Waals surface area contributed by atoms with E-state index >= 15 is 0 Å². The zero-order chi connectivity index (χ0) is 33.6. The van der Waals surface area contributed by atoms with Crippen molar-refractivity contribution in [3.63, 3.8) is 0 Å². The second-order valence-corrected chi connectivity index (χ2v) is 13.0. The van der Waals surface area contributed by atoms with Crippen LogP contribution in [-0.4, -0.2) is 28.9 Å². The van der Waals surface area contributed by atoms with E-state index in [-0.39, 0.29) is 40.2 Å². The molecule has 0 heterocycles. The van der Waals surface area contributed by atoms with Gasteiger partial charge in [0.2, 0.25) is 0 Å². The summed E-state index contributed by atoms with van der Waals surface area (Å²) < 4.78 is 45.5. The molecule has 6 nitrogen and oxygen atoms in total.